The van der Waals surface area contributed by atoms with Gasteiger partial charge in [0.05, 0.1) is 12.6 Å². The third kappa shape index (κ3) is 3.51. The Hall–Kier alpha value is -2.40. The van der Waals surface area contributed by atoms with Gasteiger partial charge in [0, 0.05) is 39.6 Å². The molecule has 3 rings (SSSR count). The number of fused-ring (bicyclic) bond motifs is 1. The fourth-order valence-electron chi connectivity index (χ4n) is 2.33. The Bertz CT molecular complexity index is 864. The second-order valence-electron chi connectivity index (χ2n) is 5.08. The van der Waals surface area contributed by atoms with Crippen LogP contribution in [-0.4, -0.2) is 22.6 Å². The molecule has 0 N–H and O–H groups in total. The van der Waals surface area contributed by atoms with Gasteiger partial charge in [-0.25, -0.2) is 0 Å². The lowest BCUT2D eigenvalue weighted by molar-refractivity contribution is 0.309. The number of pyridine rings is 1. The number of nitrogens with zero attached hydrogens (tertiary/aromatic N) is 1. The van der Waals surface area contributed by atoms with Gasteiger partial charge in [0.15, 0.2) is 0 Å². The van der Waals surface area contributed by atoms with Crippen LogP contribution < -0.4 is 9.47 Å². The number of methoxy groups -OCH3 is 1. The third-order valence-corrected chi connectivity index (χ3v) is 4.45. The van der Waals surface area contributed by atoms with E-state index in [1.165, 1.54) is 0 Å². The van der Waals surface area contributed by atoms with Gasteiger partial charge in [0.2, 0.25) is 0 Å². The predicted molar refractivity (Wildman–Crippen MR) is 91.4 cm³/mol. The number of rotatable bonds is 5. The zero-order valence-electron chi connectivity index (χ0n) is 13.0. The van der Waals surface area contributed by atoms with Crippen molar-refractivity contribution in [3.8, 4) is 11.5 Å². The lowest BCUT2D eigenvalue weighted by atomic mass is 10.2. The van der Waals surface area contributed by atoms with E-state index >= 15 is 0 Å². The van der Waals surface area contributed by atoms with Crippen molar-refractivity contribution in [1.82, 2.24) is 4.98 Å². The molecule has 0 saturated carbocycles. The third-order valence-electron chi connectivity index (χ3n) is 3.53. The zero-order chi connectivity index (χ0) is 16.2. The minimum Gasteiger partial charge on any atom is -0.497 e. The summed E-state index contributed by atoms with van der Waals surface area (Å²) in [4.78, 5) is 5.14. The molecule has 4 nitrogen and oxygen atoms in total. The van der Waals surface area contributed by atoms with Crippen LogP contribution >= 0.6 is 0 Å². The first kappa shape index (κ1) is 15.5. The molecule has 0 aliphatic carbocycles. The summed E-state index contributed by atoms with van der Waals surface area (Å²) in [6.07, 6.45) is 3.39. The molecule has 0 spiro atoms. The molecule has 0 aliphatic heterocycles. The Balaban J connectivity index is 1.84. The lowest BCUT2D eigenvalue weighted by Crippen LogP contribution is -1.98. The number of aromatic nitrogens is 1. The second kappa shape index (κ2) is 6.79. The topological polar surface area (TPSA) is 48.4 Å². The first-order valence-electron chi connectivity index (χ1n) is 7.15. The van der Waals surface area contributed by atoms with Crippen LogP contribution in [0.5, 0.6) is 11.5 Å². The van der Waals surface area contributed by atoms with Crippen molar-refractivity contribution in [2.45, 2.75) is 11.5 Å². The standard InChI is InChI=1S/C18H17NO3S/c1-21-14-6-7-16-17(11-14)19-9-8-18(16)22-12-13-4-3-5-15(10-13)23(2)20/h3-11H,12H2,1-2H3. The molecule has 0 bridgehead atoms. The van der Waals surface area contributed by atoms with E-state index in [-0.39, 0.29) is 0 Å². The molecule has 1 atom stereocenters. The summed E-state index contributed by atoms with van der Waals surface area (Å²) in [7, 11) is 0.638. The van der Waals surface area contributed by atoms with E-state index in [9.17, 15) is 4.21 Å². The van der Waals surface area contributed by atoms with E-state index in [1.54, 1.807) is 19.6 Å². The molecule has 0 fully saturated rings. The molecule has 1 heterocycles. The molecule has 5 heteroatoms. The van der Waals surface area contributed by atoms with E-state index in [0.717, 1.165) is 32.9 Å². The first-order valence-corrected chi connectivity index (χ1v) is 8.71. The predicted octanol–water partition coefficient (Wildman–Crippen LogP) is 3.56. The van der Waals surface area contributed by atoms with Crippen molar-refractivity contribution in [3.63, 3.8) is 0 Å². The van der Waals surface area contributed by atoms with Gasteiger partial charge in [-0.1, -0.05) is 12.1 Å². The molecular weight excluding hydrogens is 310 g/mol. The summed E-state index contributed by atoms with van der Waals surface area (Å²) in [5.41, 5.74) is 1.81. The van der Waals surface area contributed by atoms with Gasteiger partial charge in [-0.2, -0.15) is 0 Å². The van der Waals surface area contributed by atoms with Crippen LogP contribution in [0.3, 0.4) is 0 Å². The van der Waals surface area contributed by atoms with Gasteiger partial charge >= 0.3 is 0 Å². The number of hydrogen-bond acceptors (Lipinski definition) is 4. The Labute approximate surface area is 137 Å². The van der Waals surface area contributed by atoms with Crippen LogP contribution in [0.25, 0.3) is 10.9 Å². The highest BCUT2D eigenvalue weighted by molar-refractivity contribution is 7.84. The van der Waals surface area contributed by atoms with Crippen molar-refractivity contribution in [1.29, 1.82) is 0 Å². The highest BCUT2D eigenvalue weighted by atomic mass is 32.2. The summed E-state index contributed by atoms with van der Waals surface area (Å²) < 4.78 is 22.7. The average molecular weight is 327 g/mol. The normalized spacial score (nSPS) is 12.1. The van der Waals surface area contributed by atoms with Gasteiger partial charge in [0.25, 0.3) is 0 Å². The number of benzene rings is 2. The summed E-state index contributed by atoms with van der Waals surface area (Å²) in [5, 5.41) is 0.934. The summed E-state index contributed by atoms with van der Waals surface area (Å²) in [5.74, 6) is 1.53. The molecule has 3 aromatic rings. The van der Waals surface area contributed by atoms with Gasteiger partial charge in [0.1, 0.15) is 18.1 Å². The molecule has 23 heavy (non-hydrogen) atoms. The Morgan fingerprint density at radius 2 is 2.00 bits per heavy atom. The summed E-state index contributed by atoms with van der Waals surface area (Å²) in [6.45, 7) is 0.413. The van der Waals surface area contributed by atoms with E-state index in [2.05, 4.69) is 4.98 Å². The van der Waals surface area contributed by atoms with E-state index in [0.29, 0.717) is 6.61 Å². The molecule has 2 aromatic carbocycles. The highest BCUT2D eigenvalue weighted by Gasteiger charge is 2.06. The maximum absolute atomic E-state index is 11.6. The number of ether oxygens (including phenoxy) is 2. The van der Waals surface area contributed by atoms with Crippen LogP contribution in [0.15, 0.2) is 59.6 Å². The maximum atomic E-state index is 11.6. The van der Waals surface area contributed by atoms with Gasteiger partial charge in [-0.15, -0.1) is 0 Å². The fourth-order valence-corrected chi connectivity index (χ4v) is 2.92. The van der Waals surface area contributed by atoms with E-state index in [1.807, 2.05) is 48.5 Å². The van der Waals surface area contributed by atoms with Crippen molar-refractivity contribution in [2.75, 3.05) is 13.4 Å². The Morgan fingerprint density at radius 1 is 1.13 bits per heavy atom. The Morgan fingerprint density at radius 3 is 2.78 bits per heavy atom. The number of hydrogen-bond donors (Lipinski definition) is 0. The second-order valence-corrected chi connectivity index (χ2v) is 6.46. The SMILES string of the molecule is COc1ccc2c(OCc3cccc(S(C)=O)c3)ccnc2c1. The monoisotopic (exact) mass is 327 g/mol. The van der Waals surface area contributed by atoms with Crippen molar-refractivity contribution in [3.05, 3.63) is 60.3 Å². The molecular formula is C18H17NO3S. The van der Waals surface area contributed by atoms with Gasteiger partial charge < -0.3 is 9.47 Å². The average Bonchev–Trinajstić information content (AvgIpc) is 2.59. The van der Waals surface area contributed by atoms with Crippen LogP contribution in [-0.2, 0) is 17.4 Å². The molecule has 1 unspecified atom stereocenters. The lowest BCUT2D eigenvalue weighted by Gasteiger charge is -2.10. The van der Waals surface area contributed by atoms with Crippen LogP contribution in [0.4, 0.5) is 0 Å². The van der Waals surface area contributed by atoms with Crippen LogP contribution in [0.2, 0.25) is 0 Å². The summed E-state index contributed by atoms with van der Waals surface area (Å²) >= 11 is 0. The van der Waals surface area contributed by atoms with Crippen molar-refractivity contribution < 1.29 is 13.7 Å². The highest BCUT2D eigenvalue weighted by Crippen LogP contribution is 2.27. The molecule has 0 radical (unpaired) electrons. The van der Waals surface area contributed by atoms with Gasteiger partial charge in [-0.05, 0) is 35.9 Å². The largest absolute Gasteiger partial charge is 0.497 e. The van der Waals surface area contributed by atoms with E-state index in [4.69, 9.17) is 9.47 Å². The minimum absolute atomic E-state index is 0.413. The maximum Gasteiger partial charge on any atom is 0.130 e. The van der Waals surface area contributed by atoms with Gasteiger partial charge in [-0.3, -0.25) is 9.19 Å². The molecule has 0 aliphatic rings. The Kier molecular flexibility index (Phi) is 4.57. The fraction of sp³-hybridized carbons (Fsp3) is 0.167. The van der Waals surface area contributed by atoms with Crippen molar-refractivity contribution in [2.24, 2.45) is 0 Å². The van der Waals surface area contributed by atoms with Crippen LogP contribution in [0.1, 0.15) is 5.56 Å². The zero-order valence-corrected chi connectivity index (χ0v) is 13.8. The van der Waals surface area contributed by atoms with E-state index < -0.39 is 10.8 Å². The quantitative estimate of drug-likeness (QED) is 0.719. The smallest absolute Gasteiger partial charge is 0.130 e. The minimum atomic E-state index is -0.993. The molecule has 118 valence electrons. The summed E-state index contributed by atoms with van der Waals surface area (Å²) in [6, 6.07) is 15.2. The first-order chi connectivity index (χ1) is 11.2. The molecule has 1 aromatic heterocycles. The molecule has 0 amide bonds. The van der Waals surface area contributed by atoms with Crippen molar-refractivity contribution >= 4 is 21.7 Å². The molecule has 0 saturated heterocycles. The van der Waals surface area contributed by atoms with Crippen LogP contribution in [0, 0.1) is 0 Å².